The predicted molar refractivity (Wildman–Crippen MR) is 110 cm³/mol. The van der Waals surface area contributed by atoms with Crippen molar-refractivity contribution in [3.8, 4) is 0 Å². The summed E-state index contributed by atoms with van der Waals surface area (Å²) in [5.74, 6) is 1.63. The maximum absolute atomic E-state index is 12.1. The SMILES string of the molecule is CN=C(NCCS(=O)C(C)(C)C)N1CCCC2(CNC(=O)C2)C1.I. The summed E-state index contributed by atoms with van der Waals surface area (Å²) < 4.78 is 11.9. The van der Waals surface area contributed by atoms with Crippen LogP contribution >= 0.6 is 24.0 Å². The van der Waals surface area contributed by atoms with E-state index >= 15 is 0 Å². The van der Waals surface area contributed by atoms with Gasteiger partial charge in [0.25, 0.3) is 0 Å². The van der Waals surface area contributed by atoms with Crippen LogP contribution in [0, 0.1) is 5.41 Å². The van der Waals surface area contributed by atoms with Crippen molar-refractivity contribution in [2.24, 2.45) is 10.4 Å². The minimum atomic E-state index is -0.865. The molecule has 140 valence electrons. The third kappa shape index (κ3) is 5.57. The van der Waals surface area contributed by atoms with E-state index in [1.165, 1.54) is 0 Å². The lowest BCUT2D eigenvalue weighted by atomic mass is 9.79. The number of piperidine rings is 1. The Morgan fingerprint density at radius 1 is 1.46 bits per heavy atom. The van der Waals surface area contributed by atoms with Crippen LogP contribution in [-0.2, 0) is 15.6 Å². The van der Waals surface area contributed by atoms with Gasteiger partial charge in [0, 0.05) is 66.4 Å². The highest BCUT2D eigenvalue weighted by Gasteiger charge is 2.42. The normalized spacial score (nSPS) is 26.1. The summed E-state index contributed by atoms with van der Waals surface area (Å²) in [6.45, 7) is 9.22. The molecule has 8 heteroatoms. The lowest BCUT2D eigenvalue weighted by molar-refractivity contribution is -0.119. The van der Waals surface area contributed by atoms with Crippen LogP contribution in [0.15, 0.2) is 4.99 Å². The van der Waals surface area contributed by atoms with E-state index in [9.17, 15) is 9.00 Å². The molecule has 0 radical (unpaired) electrons. The van der Waals surface area contributed by atoms with Crippen molar-refractivity contribution >= 4 is 46.6 Å². The van der Waals surface area contributed by atoms with Gasteiger partial charge < -0.3 is 15.5 Å². The molecular weight excluding hydrogens is 439 g/mol. The number of amides is 1. The summed E-state index contributed by atoms with van der Waals surface area (Å²) in [5, 5.41) is 6.30. The molecule has 1 spiro atoms. The maximum atomic E-state index is 12.1. The number of aliphatic imine (C=N–C) groups is 1. The quantitative estimate of drug-likeness (QED) is 0.371. The molecule has 0 aliphatic carbocycles. The summed E-state index contributed by atoms with van der Waals surface area (Å²) in [7, 11) is 0.916. The third-order valence-electron chi connectivity index (χ3n) is 4.62. The third-order valence-corrected chi connectivity index (χ3v) is 6.56. The first-order chi connectivity index (χ1) is 10.8. The monoisotopic (exact) mass is 470 g/mol. The van der Waals surface area contributed by atoms with Gasteiger partial charge in [-0.2, -0.15) is 0 Å². The van der Waals surface area contributed by atoms with Crippen LogP contribution in [0.5, 0.6) is 0 Å². The second kappa shape index (κ2) is 8.82. The Morgan fingerprint density at radius 3 is 2.71 bits per heavy atom. The molecule has 2 atom stereocenters. The second-order valence-corrected chi connectivity index (χ2v) is 9.94. The van der Waals surface area contributed by atoms with E-state index in [0.717, 1.165) is 38.4 Å². The lowest BCUT2D eigenvalue weighted by Gasteiger charge is -2.40. The largest absolute Gasteiger partial charge is 0.355 e. The average Bonchev–Trinajstić information content (AvgIpc) is 2.82. The molecule has 0 aromatic heterocycles. The zero-order valence-corrected chi connectivity index (χ0v) is 18.3. The van der Waals surface area contributed by atoms with Gasteiger partial charge in [-0.3, -0.25) is 14.0 Å². The van der Waals surface area contributed by atoms with Crippen LogP contribution in [-0.4, -0.2) is 64.7 Å². The highest BCUT2D eigenvalue weighted by atomic mass is 127. The van der Waals surface area contributed by atoms with E-state index in [4.69, 9.17) is 0 Å². The molecule has 0 saturated carbocycles. The van der Waals surface area contributed by atoms with Crippen molar-refractivity contribution < 1.29 is 9.00 Å². The van der Waals surface area contributed by atoms with Gasteiger partial charge in [-0.1, -0.05) is 0 Å². The molecule has 2 unspecified atom stereocenters. The Morgan fingerprint density at radius 2 is 2.17 bits per heavy atom. The van der Waals surface area contributed by atoms with Crippen molar-refractivity contribution in [2.45, 2.75) is 44.8 Å². The van der Waals surface area contributed by atoms with E-state index in [2.05, 4.69) is 20.5 Å². The fourth-order valence-corrected chi connectivity index (χ4v) is 4.22. The molecule has 2 rings (SSSR count). The zero-order chi connectivity index (χ0) is 17.1. The molecule has 0 bridgehead atoms. The van der Waals surface area contributed by atoms with Gasteiger partial charge in [0.15, 0.2) is 5.96 Å². The molecule has 2 saturated heterocycles. The van der Waals surface area contributed by atoms with Gasteiger partial charge in [-0.15, -0.1) is 24.0 Å². The summed E-state index contributed by atoms with van der Waals surface area (Å²) in [5.41, 5.74) is 0.0567. The van der Waals surface area contributed by atoms with E-state index in [0.29, 0.717) is 18.7 Å². The molecule has 6 nitrogen and oxygen atoms in total. The zero-order valence-electron chi connectivity index (χ0n) is 15.2. The summed E-state index contributed by atoms with van der Waals surface area (Å²) in [6.07, 6.45) is 2.78. The van der Waals surface area contributed by atoms with Crippen molar-refractivity contribution in [3.05, 3.63) is 0 Å². The topological polar surface area (TPSA) is 73.8 Å². The number of halogens is 1. The van der Waals surface area contributed by atoms with Crippen LogP contribution in [0.4, 0.5) is 0 Å². The molecule has 2 heterocycles. The first kappa shape index (κ1) is 21.7. The van der Waals surface area contributed by atoms with Crippen LogP contribution < -0.4 is 10.6 Å². The Labute approximate surface area is 165 Å². The van der Waals surface area contributed by atoms with Gasteiger partial charge >= 0.3 is 0 Å². The van der Waals surface area contributed by atoms with Crippen molar-refractivity contribution in [1.82, 2.24) is 15.5 Å². The molecule has 2 N–H and O–H groups in total. The standard InChI is InChI=1S/C16H30N4O2S.HI/c1-15(2,3)23(22)9-7-18-14(17-4)20-8-5-6-16(12-20)10-13(21)19-11-16;/h5-12H2,1-4H3,(H,17,18)(H,19,21);1H. The molecule has 1 amide bonds. The number of hydrogen-bond donors (Lipinski definition) is 2. The van der Waals surface area contributed by atoms with Crippen LogP contribution in [0.2, 0.25) is 0 Å². The van der Waals surface area contributed by atoms with Crippen molar-refractivity contribution in [1.29, 1.82) is 0 Å². The number of carbonyl (C=O) groups excluding carboxylic acids is 1. The molecule has 24 heavy (non-hydrogen) atoms. The number of rotatable bonds is 3. The Hall–Kier alpha value is -0.380. The maximum Gasteiger partial charge on any atom is 0.220 e. The minimum Gasteiger partial charge on any atom is -0.355 e. The van der Waals surface area contributed by atoms with Gasteiger partial charge in [0.1, 0.15) is 0 Å². The van der Waals surface area contributed by atoms with E-state index < -0.39 is 10.8 Å². The smallest absolute Gasteiger partial charge is 0.220 e. The predicted octanol–water partition coefficient (Wildman–Crippen LogP) is 1.33. The number of likely N-dealkylation sites (tertiary alicyclic amines) is 1. The van der Waals surface area contributed by atoms with Gasteiger partial charge in [0.05, 0.1) is 0 Å². The molecular formula is C16H31IN4O2S. The molecule has 2 fully saturated rings. The van der Waals surface area contributed by atoms with E-state index in [-0.39, 0.29) is 40.0 Å². The van der Waals surface area contributed by atoms with Crippen molar-refractivity contribution in [2.75, 3.05) is 39.0 Å². The average molecular weight is 470 g/mol. The first-order valence-corrected chi connectivity index (χ1v) is 9.68. The van der Waals surface area contributed by atoms with E-state index in [1.54, 1.807) is 7.05 Å². The fraction of sp³-hybridized carbons (Fsp3) is 0.875. The summed E-state index contributed by atoms with van der Waals surface area (Å²) in [6, 6.07) is 0. The molecule has 0 aromatic rings. The van der Waals surface area contributed by atoms with Gasteiger partial charge in [0.2, 0.25) is 5.91 Å². The second-order valence-electron chi connectivity index (χ2n) is 7.61. The number of nitrogens with one attached hydrogen (secondary N) is 2. The van der Waals surface area contributed by atoms with Crippen molar-refractivity contribution in [3.63, 3.8) is 0 Å². The summed E-state index contributed by atoms with van der Waals surface area (Å²) >= 11 is 0. The molecule has 2 aliphatic heterocycles. The van der Waals surface area contributed by atoms with Gasteiger partial charge in [-0.25, -0.2) is 0 Å². The minimum absolute atomic E-state index is 0. The highest BCUT2D eigenvalue weighted by Crippen LogP contribution is 2.35. The fourth-order valence-electron chi connectivity index (χ4n) is 3.32. The molecule has 2 aliphatic rings. The molecule has 0 aromatic carbocycles. The number of hydrogen-bond acceptors (Lipinski definition) is 3. The Kier molecular flexibility index (Phi) is 7.96. The van der Waals surface area contributed by atoms with Crippen LogP contribution in [0.25, 0.3) is 0 Å². The van der Waals surface area contributed by atoms with E-state index in [1.807, 2.05) is 20.8 Å². The Balaban J connectivity index is 0.00000288. The first-order valence-electron chi connectivity index (χ1n) is 8.37. The Bertz CT molecular complexity index is 507. The summed E-state index contributed by atoms with van der Waals surface area (Å²) in [4.78, 5) is 18.2. The number of carbonyl (C=O) groups is 1. The lowest BCUT2D eigenvalue weighted by Crippen LogP contribution is -2.52. The van der Waals surface area contributed by atoms with Crippen LogP contribution in [0.3, 0.4) is 0 Å². The highest BCUT2D eigenvalue weighted by molar-refractivity contribution is 14.0. The van der Waals surface area contributed by atoms with Crippen LogP contribution in [0.1, 0.15) is 40.0 Å². The van der Waals surface area contributed by atoms with Gasteiger partial charge in [-0.05, 0) is 33.6 Å². The number of nitrogens with zero attached hydrogens (tertiary/aromatic N) is 2. The number of guanidine groups is 1.